The van der Waals surface area contributed by atoms with Crippen LogP contribution in [0.15, 0.2) is 41.5 Å². The molecule has 1 amide bonds. The van der Waals surface area contributed by atoms with Gasteiger partial charge < -0.3 is 9.84 Å². The van der Waals surface area contributed by atoms with E-state index in [1.807, 2.05) is 6.92 Å². The van der Waals surface area contributed by atoms with Gasteiger partial charge in [0.25, 0.3) is 5.91 Å². The van der Waals surface area contributed by atoms with Crippen LogP contribution in [-0.4, -0.2) is 23.3 Å². The Morgan fingerprint density at radius 2 is 2.16 bits per heavy atom. The van der Waals surface area contributed by atoms with Crippen molar-refractivity contribution in [3.8, 4) is 11.5 Å². The van der Waals surface area contributed by atoms with Crippen LogP contribution >= 0.6 is 11.6 Å². The van der Waals surface area contributed by atoms with E-state index in [1.54, 1.807) is 24.3 Å². The SMILES string of the molecule is C[C@H]1C/C(=N\NC(=O)COc2ccccc2Cl)c2c(O)ccc(F)c21. The predicted molar refractivity (Wildman–Crippen MR) is 92.7 cm³/mol. The standard InChI is InChI=1S/C18H16ClFN2O3/c1-10-8-13(18-14(23)7-6-12(20)17(10)18)21-22-16(24)9-25-15-5-3-2-4-11(15)19/h2-7,10,23H,8-9H2,1H3,(H,22,24)/b21-13+/t10-/m0/s1. The Morgan fingerprint density at radius 1 is 1.40 bits per heavy atom. The quantitative estimate of drug-likeness (QED) is 0.816. The van der Waals surface area contributed by atoms with Gasteiger partial charge in [0.15, 0.2) is 6.61 Å². The van der Waals surface area contributed by atoms with Crippen LogP contribution in [-0.2, 0) is 4.79 Å². The van der Waals surface area contributed by atoms with Crippen molar-refractivity contribution < 1.29 is 19.0 Å². The molecule has 5 nitrogen and oxygen atoms in total. The molecule has 1 atom stereocenters. The maximum absolute atomic E-state index is 14.0. The number of hydrazone groups is 1. The molecule has 130 valence electrons. The molecule has 3 rings (SSSR count). The number of halogens is 2. The number of carbonyl (C=O) groups excluding carboxylic acids is 1. The van der Waals surface area contributed by atoms with Crippen molar-refractivity contribution in [2.75, 3.05) is 6.61 Å². The van der Waals surface area contributed by atoms with Crippen molar-refractivity contribution in [3.63, 3.8) is 0 Å². The number of ether oxygens (including phenoxy) is 1. The first-order valence-electron chi connectivity index (χ1n) is 7.72. The minimum atomic E-state index is -0.482. The van der Waals surface area contributed by atoms with Gasteiger partial charge >= 0.3 is 0 Å². The van der Waals surface area contributed by atoms with Gasteiger partial charge in [-0.3, -0.25) is 4.79 Å². The van der Waals surface area contributed by atoms with Gasteiger partial charge in [-0.25, -0.2) is 9.82 Å². The molecule has 7 heteroatoms. The Labute approximate surface area is 149 Å². The third-order valence-electron chi connectivity index (χ3n) is 3.96. The molecule has 0 heterocycles. The predicted octanol–water partition coefficient (Wildman–Crippen LogP) is 3.59. The van der Waals surface area contributed by atoms with E-state index in [9.17, 15) is 14.3 Å². The topological polar surface area (TPSA) is 70.9 Å². The molecule has 2 aromatic carbocycles. The molecule has 2 N–H and O–H groups in total. The van der Waals surface area contributed by atoms with E-state index in [1.165, 1.54) is 12.1 Å². The molecular formula is C18H16ClFN2O3. The minimum Gasteiger partial charge on any atom is -0.507 e. The lowest BCUT2D eigenvalue weighted by molar-refractivity contribution is -0.123. The summed E-state index contributed by atoms with van der Waals surface area (Å²) in [5.74, 6) is -0.659. The molecule has 2 aromatic rings. The second-order valence-corrected chi connectivity index (χ2v) is 6.18. The zero-order chi connectivity index (χ0) is 18.0. The molecule has 0 radical (unpaired) electrons. The largest absolute Gasteiger partial charge is 0.507 e. The van der Waals surface area contributed by atoms with Crippen LogP contribution in [0.25, 0.3) is 0 Å². The number of aromatic hydroxyl groups is 1. The lowest BCUT2D eigenvalue weighted by atomic mass is 10.0. The molecule has 1 aliphatic carbocycles. The Hall–Kier alpha value is -2.60. The average Bonchev–Trinajstić information content (AvgIpc) is 2.93. The van der Waals surface area contributed by atoms with E-state index in [0.717, 1.165) is 0 Å². The summed E-state index contributed by atoms with van der Waals surface area (Å²) >= 11 is 5.95. The lowest BCUT2D eigenvalue weighted by Gasteiger charge is -2.07. The van der Waals surface area contributed by atoms with Gasteiger partial charge in [-0.2, -0.15) is 5.10 Å². The number of phenolic OH excluding ortho intramolecular Hbond substituents is 1. The number of amides is 1. The maximum atomic E-state index is 14.0. The Kier molecular flexibility index (Phi) is 4.90. The molecule has 25 heavy (non-hydrogen) atoms. The highest BCUT2D eigenvalue weighted by molar-refractivity contribution is 6.32. The normalized spacial score (nSPS) is 17.4. The van der Waals surface area contributed by atoms with Gasteiger partial charge in [0.1, 0.15) is 17.3 Å². The van der Waals surface area contributed by atoms with Gasteiger partial charge in [0.2, 0.25) is 0 Å². The fraction of sp³-hybridized carbons (Fsp3) is 0.222. The van der Waals surface area contributed by atoms with Crippen molar-refractivity contribution in [2.45, 2.75) is 19.3 Å². The number of carbonyl (C=O) groups is 1. The fourth-order valence-electron chi connectivity index (χ4n) is 2.83. The minimum absolute atomic E-state index is 0.0546. The summed E-state index contributed by atoms with van der Waals surface area (Å²) in [7, 11) is 0. The molecule has 0 bridgehead atoms. The number of hydrogen-bond acceptors (Lipinski definition) is 4. The average molecular weight is 363 g/mol. The van der Waals surface area contributed by atoms with E-state index < -0.39 is 5.91 Å². The zero-order valence-electron chi connectivity index (χ0n) is 13.4. The molecule has 0 saturated carbocycles. The summed E-state index contributed by atoms with van der Waals surface area (Å²) in [5.41, 5.74) is 3.57. The summed E-state index contributed by atoms with van der Waals surface area (Å²) in [5, 5.41) is 14.4. The molecule has 0 aromatic heterocycles. The Morgan fingerprint density at radius 3 is 2.92 bits per heavy atom. The number of hydrogen-bond donors (Lipinski definition) is 2. The van der Waals surface area contributed by atoms with Gasteiger partial charge in [0, 0.05) is 11.1 Å². The van der Waals surface area contributed by atoms with Crippen molar-refractivity contribution in [1.82, 2.24) is 5.43 Å². The van der Waals surface area contributed by atoms with Crippen LogP contribution in [0, 0.1) is 5.82 Å². The van der Waals surface area contributed by atoms with Crippen LogP contribution in [0.3, 0.4) is 0 Å². The smallest absolute Gasteiger partial charge is 0.277 e. The first-order valence-corrected chi connectivity index (χ1v) is 8.09. The summed E-state index contributed by atoms with van der Waals surface area (Å²) in [6, 6.07) is 9.31. The van der Waals surface area contributed by atoms with E-state index in [0.29, 0.717) is 34.0 Å². The highest BCUT2D eigenvalue weighted by Gasteiger charge is 2.30. The van der Waals surface area contributed by atoms with Gasteiger partial charge in [-0.15, -0.1) is 0 Å². The highest BCUT2D eigenvalue weighted by atomic mass is 35.5. The summed E-state index contributed by atoms with van der Waals surface area (Å²) < 4.78 is 19.3. The van der Waals surface area contributed by atoms with Gasteiger partial charge in [0.05, 0.1) is 10.7 Å². The highest BCUT2D eigenvalue weighted by Crippen LogP contribution is 2.39. The molecule has 0 fully saturated rings. The number of rotatable bonds is 4. The third kappa shape index (κ3) is 3.58. The maximum Gasteiger partial charge on any atom is 0.277 e. The summed E-state index contributed by atoms with van der Waals surface area (Å²) in [6.45, 7) is 1.57. The second-order valence-electron chi connectivity index (χ2n) is 5.77. The van der Waals surface area contributed by atoms with E-state index in [2.05, 4.69) is 10.5 Å². The monoisotopic (exact) mass is 362 g/mol. The van der Waals surface area contributed by atoms with Gasteiger partial charge in [-0.1, -0.05) is 30.7 Å². The summed E-state index contributed by atoms with van der Waals surface area (Å²) in [6.07, 6.45) is 0.426. The number of nitrogens with zero attached hydrogens (tertiary/aromatic N) is 1. The number of benzene rings is 2. The summed E-state index contributed by atoms with van der Waals surface area (Å²) in [4.78, 5) is 11.9. The molecular weight excluding hydrogens is 347 g/mol. The first kappa shape index (κ1) is 17.2. The zero-order valence-corrected chi connectivity index (χ0v) is 14.2. The fourth-order valence-corrected chi connectivity index (χ4v) is 3.02. The van der Waals surface area contributed by atoms with Crippen LogP contribution in [0.4, 0.5) is 4.39 Å². The molecule has 0 unspecified atom stereocenters. The van der Waals surface area contributed by atoms with Gasteiger partial charge in [-0.05, 0) is 36.6 Å². The van der Waals surface area contributed by atoms with Crippen molar-refractivity contribution in [1.29, 1.82) is 0 Å². The number of phenols is 1. The van der Waals surface area contributed by atoms with Crippen molar-refractivity contribution >= 4 is 23.2 Å². The molecule has 1 aliphatic rings. The molecule has 0 saturated heterocycles. The van der Waals surface area contributed by atoms with Crippen LogP contribution < -0.4 is 10.2 Å². The van der Waals surface area contributed by atoms with E-state index in [-0.39, 0.29) is 24.1 Å². The number of para-hydroxylation sites is 1. The van der Waals surface area contributed by atoms with Crippen molar-refractivity contribution in [3.05, 3.63) is 58.4 Å². The Balaban J connectivity index is 1.69. The van der Waals surface area contributed by atoms with Crippen LogP contribution in [0.2, 0.25) is 5.02 Å². The second kappa shape index (κ2) is 7.11. The van der Waals surface area contributed by atoms with E-state index in [4.69, 9.17) is 16.3 Å². The first-order chi connectivity index (χ1) is 12.0. The lowest BCUT2D eigenvalue weighted by Crippen LogP contribution is -2.25. The third-order valence-corrected chi connectivity index (χ3v) is 4.27. The van der Waals surface area contributed by atoms with Crippen LogP contribution in [0.5, 0.6) is 11.5 Å². The molecule has 0 spiro atoms. The van der Waals surface area contributed by atoms with Crippen LogP contribution in [0.1, 0.15) is 30.4 Å². The number of fused-ring (bicyclic) bond motifs is 1. The van der Waals surface area contributed by atoms with E-state index >= 15 is 0 Å². The molecule has 0 aliphatic heterocycles. The number of nitrogens with one attached hydrogen (secondary N) is 1. The van der Waals surface area contributed by atoms with Crippen molar-refractivity contribution in [2.24, 2.45) is 5.10 Å². The Bertz CT molecular complexity index is 854.